The second kappa shape index (κ2) is 8.18. The van der Waals surface area contributed by atoms with Crippen LogP contribution in [0.15, 0.2) is 60.7 Å². The van der Waals surface area contributed by atoms with Crippen LogP contribution >= 0.6 is 0 Å². The highest BCUT2D eigenvalue weighted by molar-refractivity contribution is 6.00. The van der Waals surface area contributed by atoms with Crippen LogP contribution in [-0.4, -0.2) is 37.9 Å². The first kappa shape index (κ1) is 20.9. The molecule has 0 spiro atoms. The lowest BCUT2D eigenvalue weighted by Crippen LogP contribution is -2.23. The molecule has 0 saturated heterocycles. The number of nitrogens with zero attached hydrogens (tertiary/aromatic N) is 2. The number of benzene rings is 3. The van der Waals surface area contributed by atoms with Crippen LogP contribution in [0.3, 0.4) is 0 Å². The van der Waals surface area contributed by atoms with E-state index in [1.54, 1.807) is 23.1 Å². The Morgan fingerprint density at radius 1 is 0.727 bits per heavy atom. The first-order valence-corrected chi connectivity index (χ1v) is 10.7. The average molecular weight is 442 g/mol. The molecule has 33 heavy (non-hydrogen) atoms. The summed E-state index contributed by atoms with van der Waals surface area (Å²) in [6.07, 6.45) is 0. The highest BCUT2D eigenvalue weighted by atomic mass is 16.4. The number of carboxylic acids is 2. The van der Waals surface area contributed by atoms with Crippen molar-refractivity contribution in [2.24, 2.45) is 0 Å². The Labute approximate surface area is 190 Å². The third-order valence-corrected chi connectivity index (χ3v) is 6.25. The van der Waals surface area contributed by atoms with Gasteiger partial charge in [-0.1, -0.05) is 36.4 Å². The van der Waals surface area contributed by atoms with Gasteiger partial charge in [0.15, 0.2) is 0 Å². The fraction of sp³-hybridized carbons (Fsp3) is 0.192. The van der Waals surface area contributed by atoms with Crippen molar-refractivity contribution >= 4 is 17.8 Å². The molecular formula is C26H22N2O5. The Bertz CT molecular complexity index is 1300. The molecule has 7 heteroatoms. The van der Waals surface area contributed by atoms with Gasteiger partial charge in [0.1, 0.15) is 0 Å². The zero-order chi connectivity index (χ0) is 23.1. The number of hydrogen-bond acceptors (Lipinski definition) is 4. The van der Waals surface area contributed by atoms with Crippen LogP contribution in [0.1, 0.15) is 58.9 Å². The molecule has 0 bridgehead atoms. The van der Waals surface area contributed by atoms with E-state index in [1.165, 1.54) is 12.1 Å². The van der Waals surface area contributed by atoms with E-state index in [9.17, 15) is 24.6 Å². The Balaban J connectivity index is 1.26. The molecule has 2 N–H and O–H groups in total. The minimum Gasteiger partial charge on any atom is -0.478 e. The van der Waals surface area contributed by atoms with Gasteiger partial charge in [-0.25, -0.2) is 9.59 Å². The summed E-state index contributed by atoms with van der Waals surface area (Å²) in [6, 6.07) is 18.1. The smallest absolute Gasteiger partial charge is 0.335 e. The molecular weight excluding hydrogens is 420 g/mol. The Morgan fingerprint density at radius 2 is 1.36 bits per heavy atom. The number of carbonyl (C=O) groups is 3. The van der Waals surface area contributed by atoms with Crippen molar-refractivity contribution in [2.45, 2.75) is 32.7 Å². The topological polar surface area (TPSA) is 98.2 Å². The van der Waals surface area contributed by atoms with E-state index in [2.05, 4.69) is 17.0 Å². The van der Waals surface area contributed by atoms with Gasteiger partial charge >= 0.3 is 11.9 Å². The quantitative estimate of drug-likeness (QED) is 0.603. The van der Waals surface area contributed by atoms with Gasteiger partial charge in [-0.05, 0) is 52.1 Å². The summed E-state index contributed by atoms with van der Waals surface area (Å²) >= 11 is 0. The molecule has 166 valence electrons. The van der Waals surface area contributed by atoms with Crippen LogP contribution in [0.5, 0.6) is 0 Å². The van der Waals surface area contributed by atoms with Gasteiger partial charge in [-0.2, -0.15) is 0 Å². The van der Waals surface area contributed by atoms with Crippen molar-refractivity contribution in [1.82, 2.24) is 9.80 Å². The minimum atomic E-state index is -1.04. The van der Waals surface area contributed by atoms with Crippen molar-refractivity contribution in [3.8, 4) is 0 Å². The SMILES string of the molecule is O=C(O)c1ccc2c(c1)CN(Cc1cccc(CN3Cc4ccc(C(=O)O)cc4C3=O)c1)C2. The number of rotatable bonds is 6. The van der Waals surface area contributed by atoms with E-state index in [0.29, 0.717) is 30.8 Å². The molecule has 0 unspecified atom stereocenters. The highest BCUT2D eigenvalue weighted by Crippen LogP contribution is 2.28. The third-order valence-electron chi connectivity index (χ3n) is 6.25. The van der Waals surface area contributed by atoms with Crippen LogP contribution in [0, 0.1) is 0 Å². The van der Waals surface area contributed by atoms with E-state index < -0.39 is 11.9 Å². The molecule has 0 fully saturated rings. The number of carboxylic acid groups (broad SMARTS) is 2. The van der Waals surface area contributed by atoms with E-state index in [0.717, 1.165) is 40.9 Å². The Kier molecular flexibility index (Phi) is 5.18. The summed E-state index contributed by atoms with van der Waals surface area (Å²) in [5, 5.41) is 18.4. The number of aromatic carboxylic acids is 2. The van der Waals surface area contributed by atoms with Gasteiger partial charge in [0.05, 0.1) is 11.1 Å². The predicted molar refractivity (Wildman–Crippen MR) is 120 cm³/mol. The summed E-state index contributed by atoms with van der Waals surface area (Å²) in [5.74, 6) is -2.11. The van der Waals surface area contributed by atoms with Gasteiger partial charge in [0.2, 0.25) is 0 Å². The predicted octanol–water partition coefficient (Wildman–Crippen LogP) is 3.75. The molecule has 0 radical (unpaired) electrons. The second-order valence-electron chi connectivity index (χ2n) is 8.59. The molecule has 7 nitrogen and oxygen atoms in total. The molecule has 0 saturated carbocycles. The lowest BCUT2D eigenvalue weighted by Gasteiger charge is -2.18. The standard InChI is InChI=1S/C26H22N2O5/c29-24-23-10-19(26(32)33)5-7-21(23)15-28(24)12-17-3-1-2-16(8-17)11-27-13-20-6-4-18(25(30)31)9-22(20)14-27/h1-10H,11-15H2,(H,30,31)(H,32,33). The summed E-state index contributed by atoms with van der Waals surface area (Å²) < 4.78 is 0. The molecule has 2 aliphatic rings. The van der Waals surface area contributed by atoms with E-state index in [1.807, 2.05) is 18.2 Å². The molecule has 2 heterocycles. The van der Waals surface area contributed by atoms with Gasteiger partial charge in [0.25, 0.3) is 5.91 Å². The number of fused-ring (bicyclic) bond motifs is 2. The fourth-order valence-electron chi connectivity index (χ4n) is 4.64. The fourth-order valence-corrected chi connectivity index (χ4v) is 4.64. The summed E-state index contributed by atoms with van der Waals surface area (Å²) in [5.41, 5.74) is 6.06. The van der Waals surface area contributed by atoms with Crippen LogP contribution in [0.4, 0.5) is 0 Å². The van der Waals surface area contributed by atoms with E-state index >= 15 is 0 Å². The molecule has 2 aliphatic heterocycles. The van der Waals surface area contributed by atoms with E-state index in [4.69, 9.17) is 0 Å². The zero-order valence-electron chi connectivity index (χ0n) is 17.8. The van der Waals surface area contributed by atoms with Crippen LogP contribution in [0.2, 0.25) is 0 Å². The highest BCUT2D eigenvalue weighted by Gasteiger charge is 2.28. The second-order valence-corrected chi connectivity index (χ2v) is 8.59. The lowest BCUT2D eigenvalue weighted by molar-refractivity contribution is 0.0685. The number of hydrogen-bond donors (Lipinski definition) is 2. The van der Waals surface area contributed by atoms with Crippen LogP contribution in [-0.2, 0) is 32.7 Å². The molecule has 5 rings (SSSR count). The molecule has 0 aromatic heterocycles. The van der Waals surface area contributed by atoms with Crippen molar-refractivity contribution < 1.29 is 24.6 Å². The Morgan fingerprint density at radius 3 is 2.09 bits per heavy atom. The number of amides is 1. The van der Waals surface area contributed by atoms with Crippen molar-refractivity contribution in [3.63, 3.8) is 0 Å². The largest absolute Gasteiger partial charge is 0.478 e. The first-order valence-electron chi connectivity index (χ1n) is 10.7. The van der Waals surface area contributed by atoms with Crippen molar-refractivity contribution in [2.75, 3.05) is 0 Å². The maximum absolute atomic E-state index is 12.8. The van der Waals surface area contributed by atoms with Crippen LogP contribution < -0.4 is 0 Å². The summed E-state index contributed by atoms with van der Waals surface area (Å²) in [7, 11) is 0. The maximum Gasteiger partial charge on any atom is 0.335 e. The minimum absolute atomic E-state index is 0.119. The molecule has 3 aromatic rings. The molecule has 0 atom stereocenters. The Hall–Kier alpha value is -3.97. The lowest BCUT2D eigenvalue weighted by atomic mass is 10.1. The van der Waals surface area contributed by atoms with Gasteiger partial charge in [-0.15, -0.1) is 0 Å². The zero-order valence-corrected chi connectivity index (χ0v) is 17.8. The van der Waals surface area contributed by atoms with E-state index in [-0.39, 0.29) is 11.5 Å². The number of carbonyl (C=O) groups excluding carboxylic acids is 1. The molecule has 0 aliphatic carbocycles. The van der Waals surface area contributed by atoms with Gasteiger partial charge in [-0.3, -0.25) is 9.69 Å². The maximum atomic E-state index is 12.8. The van der Waals surface area contributed by atoms with Crippen molar-refractivity contribution in [1.29, 1.82) is 0 Å². The van der Waals surface area contributed by atoms with Gasteiger partial charge < -0.3 is 15.1 Å². The van der Waals surface area contributed by atoms with Crippen LogP contribution in [0.25, 0.3) is 0 Å². The first-order chi connectivity index (χ1) is 15.9. The van der Waals surface area contributed by atoms with Crippen molar-refractivity contribution in [3.05, 3.63) is 105 Å². The summed E-state index contributed by atoms with van der Waals surface area (Å²) in [4.78, 5) is 39.3. The summed E-state index contributed by atoms with van der Waals surface area (Å²) in [6.45, 7) is 3.11. The monoisotopic (exact) mass is 442 g/mol. The molecule has 1 amide bonds. The third kappa shape index (κ3) is 4.10. The van der Waals surface area contributed by atoms with Gasteiger partial charge in [0, 0.05) is 38.3 Å². The normalized spacial score (nSPS) is 14.9. The molecule has 3 aromatic carbocycles. The average Bonchev–Trinajstić information content (AvgIpc) is 3.33.